The highest BCUT2D eigenvalue weighted by atomic mass is 16.4. The first-order valence-corrected chi connectivity index (χ1v) is 7.39. The molecule has 1 unspecified atom stereocenters. The molecule has 1 heterocycles. The summed E-state index contributed by atoms with van der Waals surface area (Å²) in [6.07, 6.45) is 0.932. The van der Waals surface area contributed by atoms with Crippen LogP contribution in [0.1, 0.15) is 29.4 Å². The molecular formula is C17H20N2O4. The van der Waals surface area contributed by atoms with E-state index in [0.29, 0.717) is 12.3 Å². The molecule has 0 radical (unpaired) electrons. The summed E-state index contributed by atoms with van der Waals surface area (Å²) < 4.78 is 5.05. The molecule has 0 aliphatic rings. The number of benzene rings is 1. The van der Waals surface area contributed by atoms with Gasteiger partial charge in [-0.2, -0.15) is 0 Å². The standard InChI is InChI=1S/C17H20N2O4/c1-12-4-6-13(7-5-12)11-19-17(22)16(21)18-9-8-14(20)15-3-2-10-23-15/h2-7,10,14,20H,8-9,11H2,1H3,(H,18,21)(H,19,22). The van der Waals surface area contributed by atoms with E-state index in [1.54, 1.807) is 12.1 Å². The molecule has 122 valence electrons. The minimum atomic E-state index is -0.805. The number of aliphatic hydroxyl groups is 1. The fraction of sp³-hybridized carbons (Fsp3) is 0.294. The van der Waals surface area contributed by atoms with Gasteiger partial charge in [0.2, 0.25) is 0 Å². The van der Waals surface area contributed by atoms with Crippen molar-refractivity contribution in [2.75, 3.05) is 6.54 Å². The molecule has 2 rings (SSSR count). The molecule has 0 fully saturated rings. The summed E-state index contributed by atoms with van der Waals surface area (Å²) in [7, 11) is 0. The van der Waals surface area contributed by atoms with Gasteiger partial charge in [-0.1, -0.05) is 29.8 Å². The van der Waals surface area contributed by atoms with Crippen LogP contribution < -0.4 is 10.6 Å². The van der Waals surface area contributed by atoms with Crippen LogP contribution in [0.2, 0.25) is 0 Å². The van der Waals surface area contributed by atoms with E-state index in [1.807, 2.05) is 31.2 Å². The lowest BCUT2D eigenvalue weighted by Crippen LogP contribution is -2.40. The van der Waals surface area contributed by atoms with Gasteiger partial charge in [0.25, 0.3) is 0 Å². The van der Waals surface area contributed by atoms with Gasteiger partial charge < -0.3 is 20.2 Å². The van der Waals surface area contributed by atoms with Crippen molar-refractivity contribution in [1.82, 2.24) is 10.6 Å². The average molecular weight is 316 g/mol. The van der Waals surface area contributed by atoms with Gasteiger partial charge in [0.05, 0.1) is 6.26 Å². The molecule has 0 saturated carbocycles. The second kappa shape index (κ2) is 8.14. The summed E-state index contributed by atoms with van der Waals surface area (Å²) in [5.74, 6) is -0.982. The first-order chi connectivity index (χ1) is 11.1. The summed E-state index contributed by atoms with van der Waals surface area (Å²) in [4.78, 5) is 23.3. The van der Waals surface area contributed by atoms with Gasteiger partial charge in [-0.3, -0.25) is 9.59 Å². The van der Waals surface area contributed by atoms with Crippen LogP contribution in [-0.2, 0) is 16.1 Å². The largest absolute Gasteiger partial charge is 0.467 e. The molecule has 3 N–H and O–H groups in total. The molecule has 1 aromatic heterocycles. The number of aliphatic hydroxyl groups excluding tert-OH is 1. The Morgan fingerprint density at radius 3 is 2.48 bits per heavy atom. The molecule has 0 saturated heterocycles. The summed E-state index contributed by atoms with van der Waals surface area (Å²) in [5.41, 5.74) is 2.05. The Hall–Kier alpha value is -2.60. The van der Waals surface area contributed by atoms with E-state index in [-0.39, 0.29) is 13.0 Å². The molecule has 2 aromatic rings. The fourth-order valence-corrected chi connectivity index (χ4v) is 1.99. The van der Waals surface area contributed by atoms with Crippen molar-refractivity contribution in [3.63, 3.8) is 0 Å². The minimum Gasteiger partial charge on any atom is -0.467 e. The number of nitrogens with one attached hydrogen (secondary N) is 2. The average Bonchev–Trinajstić information content (AvgIpc) is 3.08. The molecular weight excluding hydrogens is 296 g/mol. The van der Waals surface area contributed by atoms with Crippen molar-refractivity contribution in [2.24, 2.45) is 0 Å². The zero-order valence-electron chi connectivity index (χ0n) is 12.9. The normalized spacial score (nSPS) is 11.7. The number of rotatable bonds is 6. The first kappa shape index (κ1) is 16.8. The Kier molecular flexibility index (Phi) is 5.94. The van der Waals surface area contributed by atoms with Crippen LogP contribution in [0.15, 0.2) is 47.1 Å². The third kappa shape index (κ3) is 5.27. The lowest BCUT2D eigenvalue weighted by Gasteiger charge is -2.09. The molecule has 0 aliphatic heterocycles. The van der Waals surface area contributed by atoms with Crippen LogP contribution in [0.5, 0.6) is 0 Å². The first-order valence-electron chi connectivity index (χ1n) is 7.39. The highest BCUT2D eigenvalue weighted by molar-refractivity contribution is 6.35. The number of carbonyl (C=O) groups excluding carboxylic acids is 2. The predicted octanol–water partition coefficient (Wildman–Crippen LogP) is 1.44. The SMILES string of the molecule is Cc1ccc(CNC(=O)C(=O)NCCC(O)c2ccco2)cc1. The van der Waals surface area contributed by atoms with E-state index in [1.165, 1.54) is 6.26 Å². The fourth-order valence-electron chi connectivity index (χ4n) is 1.99. The molecule has 0 aliphatic carbocycles. The third-order valence-corrected chi connectivity index (χ3v) is 3.35. The topological polar surface area (TPSA) is 91.6 Å². The molecule has 0 bridgehead atoms. The zero-order chi connectivity index (χ0) is 16.7. The summed E-state index contributed by atoms with van der Waals surface area (Å²) >= 11 is 0. The molecule has 0 spiro atoms. The van der Waals surface area contributed by atoms with Crippen LogP contribution >= 0.6 is 0 Å². The van der Waals surface area contributed by atoms with Crippen molar-refractivity contribution >= 4 is 11.8 Å². The van der Waals surface area contributed by atoms with Gasteiger partial charge in [0.15, 0.2) is 0 Å². The molecule has 6 nitrogen and oxygen atoms in total. The maximum absolute atomic E-state index is 11.7. The lowest BCUT2D eigenvalue weighted by atomic mass is 10.1. The van der Waals surface area contributed by atoms with Crippen molar-refractivity contribution < 1.29 is 19.1 Å². The summed E-state index contributed by atoms with van der Waals surface area (Å²) in [6.45, 7) is 2.45. The quantitative estimate of drug-likeness (QED) is 0.703. The highest BCUT2D eigenvalue weighted by Crippen LogP contribution is 2.15. The molecule has 2 amide bonds. The Morgan fingerprint density at radius 1 is 1.13 bits per heavy atom. The van der Waals surface area contributed by atoms with E-state index >= 15 is 0 Å². The van der Waals surface area contributed by atoms with Gasteiger partial charge in [-0.05, 0) is 31.0 Å². The van der Waals surface area contributed by atoms with E-state index < -0.39 is 17.9 Å². The van der Waals surface area contributed by atoms with Crippen molar-refractivity contribution in [2.45, 2.75) is 26.0 Å². The van der Waals surface area contributed by atoms with Crippen LogP contribution in [0, 0.1) is 6.92 Å². The van der Waals surface area contributed by atoms with Gasteiger partial charge in [0.1, 0.15) is 11.9 Å². The maximum atomic E-state index is 11.7. The maximum Gasteiger partial charge on any atom is 0.309 e. The lowest BCUT2D eigenvalue weighted by molar-refractivity contribution is -0.139. The number of furan rings is 1. The monoisotopic (exact) mass is 316 g/mol. The van der Waals surface area contributed by atoms with Crippen LogP contribution in [0.4, 0.5) is 0 Å². The molecule has 1 aromatic carbocycles. The van der Waals surface area contributed by atoms with Crippen LogP contribution in [0.3, 0.4) is 0 Å². The number of carbonyl (C=O) groups is 2. The smallest absolute Gasteiger partial charge is 0.309 e. The number of amides is 2. The van der Waals surface area contributed by atoms with Gasteiger partial charge in [-0.25, -0.2) is 0 Å². The zero-order valence-corrected chi connectivity index (χ0v) is 12.9. The second-order valence-corrected chi connectivity index (χ2v) is 5.24. The second-order valence-electron chi connectivity index (χ2n) is 5.24. The van der Waals surface area contributed by atoms with Crippen molar-refractivity contribution in [3.8, 4) is 0 Å². The Bertz CT molecular complexity index is 635. The van der Waals surface area contributed by atoms with Gasteiger partial charge in [-0.15, -0.1) is 0 Å². The summed E-state index contributed by atoms with van der Waals surface area (Å²) in [5, 5.41) is 14.8. The van der Waals surface area contributed by atoms with Crippen molar-refractivity contribution in [1.29, 1.82) is 0 Å². The Labute approximate surface area is 134 Å². The Morgan fingerprint density at radius 2 is 1.83 bits per heavy atom. The van der Waals surface area contributed by atoms with E-state index in [0.717, 1.165) is 11.1 Å². The molecule has 23 heavy (non-hydrogen) atoms. The number of hydrogen-bond acceptors (Lipinski definition) is 4. The van der Waals surface area contributed by atoms with Gasteiger partial charge in [0, 0.05) is 13.1 Å². The minimum absolute atomic E-state index is 0.179. The Balaban J connectivity index is 1.68. The van der Waals surface area contributed by atoms with E-state index in [9.17, 15) is 14.7 Å². The van der Waals surface area contributed by atoms with Crippen molar-refractivity contribution in [3.05, 3.63) is 59.5 Å². The molecule has 1 atom stereocenters. The number of aryl methyl sites for hydroxylation is 1. The predicted molar refractivity (Wildman–Crippen MR) is 84.3 cm³/mol. The molecule has 6 heteroatoms. The van der Waals surface area contributed by atoms with Crippen LogP contribution in [-0.4, -0.2) is 23.5 Å². The number of hydrogen-bond donors (Lipinski definition) is 3. The van der Waals surface area contributed by atoms with Gasteiger partial charge >= 0.3 is 11.8 Å². The van der Waals surface area contributed by atoms with Crippen LogP contribution in [0.25, 0.3) is 0 Å². The van der Waals surface area contributed by atoms with E-state index in [2.05, 4.69) is 10.6 Å². The third-order valence-electron chi connectivity index (χ3n) is 3.35. The highest BCUT2D eigenvalue weighted by Gasteiger charge is 2.14. The summed E-state index contributed by atoms with van der Waals surface area (Å²) in [6, 6.07) is 11.0. The van der Waals surface area contributed by atoms with E-state index in [4.69, 9.17) is 4.42 Å².